The van der Waals surface area contributed by atoms with Crippen LogP contribution in [0.3, 0.4) is 0 Å². The molecule has 2 heterocycles. The molecule has 0 aromatic carbocycles. The maximum atomic E-state index is 5.42. The molecule has 0 unspecified atom stereocenters. The molecule has 1 aliphatic rings. The molecule has 5 heteroatoms. The van der Waals surface area contributed by atoms with Gasteiger partial charge in [-0.2, -0.15) is 0 Å². The SMILES string of the molecule is CC(C)CN1CCN(Cc2cc(NN)ccn2)CC1. The maximum absolute atomic E-state index is 5.42. The number of piperazine rings is 1. The minimum Gasteiger partial charge on any atom is -0.324 e. The Hall–Kier alpha value is -1.17. The molecular formula is C14H25N5. The first-order valence-electron chi connectivity index (χ1n) is 7.03. The van der Waals surface area contributed by atoms with Crippen molar-refractivity contribution in [2.75, 3.05) is 38.1 Å². The molecular weight excluding hydrogens is 238 g/mol. The van der Waals surface area contributed by atoms with E-state index in [1.807, 2.05) is 12.1 Å². The highest BCUT2D eigenvalue weighted by Crippen LogP contribution is 2.11. The largest absolute Gasteiger partial charge is 0.324 e. The standard InChI is InChI=1S/C14H25N5/c1-12(2)10-18-5-7-19(8-6-18)11-14-9-13(17-15)3-4-16-14/h3-4,9,12H,5-8,10-11,15H2,1-2H3,(H,16,17). The van der Waals surface area contributed by atoms with Gasteiger partial charge in [0.2, 0.25) is 0 Å². The second kappa shape index (κ2) is 6.84. The van der Waals surface area contributed by atoms with Gasteiger partial charge in [-0.15, -0.1) is 0 Å². The van der Waals surface area contributed by atoms with Crippen LogP contribution in [-0.4, -0.2) is 47.5 Å². The van der Waals surface area contributed by atoms with E-state index in [4.69, 9.17) is 5.84 Å². The topological polar surface area (TPSA) is 57.4 Å². The predicted molar refractivity (Wildman–Crippen MR) is 78.6 cm³/mol. The molecule has 1 aromatic rings. The summed E-state index contributed by atoms with van der Waals surface area (Å²) >= 11 is 0. The number of nitrogens with one attached hydrogen (secondary N) is 1. The van der Waals surface area contributed by atoms with Gasteiger partial charge in [-0.25, -0.2) is 0 Å². The molecule has 3 N–H and O–H groups in total. The summed E-state index contributed by atoms with van der Waals surface area (Å²) < 4.78 is 0. The van der Waals surface area contributed by atoms with Crippen molar-refractivity contribution in [2.45, 2.75) is 20.4 Å². The van der Waals surface area contributed by atoms with Crippen LogP contribution >= 0.6 is 0 Å². The van der Waals surface area contributed by atoms with E-state index in [-0.39, 0.29) is 0 Å². The molecule has 19 heavy (non-hydrogen) atoms. The third-order valence-corrected chi connectivity index (χ3v) is 3.46. The molecule has 0 spiro atoms. The van der Waals surface area contributed by atoms with Gasteiger partial charge < -0.3 is 10.3 Å². The lowest BCUT2D eigenvalue weighted by molar-refractivity contribution is 0.116. The van der Waals surface area contributed by atoms with E-state index in [0.717, 1.165) is 50.0 Å². The smallest absolute Gasteiger partial charge is 0.0564 e. The van der Waals surface area contributed by atoms with E-state index in [0.29, 0.717) is 0 Å². The third kappa shape index (κ3) is 4.45. The lowest BCUT2D eigenvalue weighted by Gasteiger charge is -2.35. The Morgan fingerprint density at radius 2 is 1.95 bits per heavy atom. The van der Waals surface area contributed by atoms with E-state index in [9.17, 15) is 0 Å². The van der Waals surface area contributed by atoms with Crippen LogP contribution in [0.2, 0.25) is 0 Å². The van der Waals surface area contributed by atoms with Gasteiger partial charge in [0, 0.05) is 45.5 Å². The first-order valence-corrected chi connectivity index (χ1v) is 7.03. The Morgan fingerprint density at radius 1 is 1.26 bits per heavy atom. The number of hydrogen-bond donors (Lipinski definition) is 2. The molecule has 1 fully saturated rings. The van der Waals surface area contributed by atoms with Gasteiger partial charge >= 0.3 is 0 Å². The second-order valence-corrected chi connectivity index (χ2v) is 5.65. The Balaban J connectivity index is 1.81. The maximum Gasteiger partial charge on any atom is 0.0564 e. The van der Waals surface area contributed by atoms with Crippen LogP contribution in [0.4, 0.5) is 5.69 Å². The number of hydrogen-bond acceptors (Lipinski definition) is 5. The summed E-state index contributed by atoms with van der Waals surface area (Å²) in [7, 11) is 0. The summed E-state index contributed by atoms with van der Waals surface area (Å²) in [6.45, 7) is 11.2. The first-order chi connectivity index (χ1) is 9.17. The quantitative estimate of drug-likeness (QED) is 0.616. The van der Waals surface area contributed by atoms with Crippen molar-refractivity contribution in [2.24, 2.45) is 11.8 Å². The number of aromatic nitrogens is 1. The average molecular weight is 263 g/mol. The minimum atomic E-state index is 0.750. The molecule has 0 radical (unpaired) electrons. The first kappa shape index (κ1) is 14.2. The molecule has 0 bridgehead atoms. The van der Waals surface area contributed by atoms with Crippen LogP contribution in [0, 0.1) is 5.92 Å². The molecule has 0 saturated carbocycles. The van der Waals surface area contributed by atoms with Gasteiger partial charge in [-0.05, 0) is 18.1 Å². The zero-order chi connectivity index (χ0) is 13.7. The van der Waals surface area contributed by atoms with Crippen LogP contribution in [-0.2, 0) is 6.54 Å². The molecule has 0 amide bonds. The van der Waals surface area contributed by atoms with Gasteiger partial charge in [-0.3, -0.25) is 15.7 Å². The van der Waals surface area contributed by atoms with Gasteiger partial charge in [0.15, 0.2) is 0 Å². The number of nitrogens with zero attached hydrogens (tertiary/aromatic N) is 3. The molecule has 106 valence electrons. The molecule has 1 aromatic heterocycles. The van der Waals surface area contributed by atoms with E-state index in [2.05, 4.69) is 34.1 Å². The second-order valence-electron chi connectivity index (χ2n) is 5.65. The van der Waals surface area contributed by atoms with Crippen molar-refractivity contribution in [1.82, 2.24) is 14.8 Å². The van der Waals surface area contributed by atoms with Crippen molar-refractivity contribution >= 4 is 5.69 Å². The van der Waals surface area contributed by atoms with E-state index in [1.165, 1.54) is 6.54 Å². The van der Waals surface area contributed by atoms with Crippen LogP contribution in [0.5, 0.6) is 0 Å². The Bertz CT molecular complexity index is 385. The number of nitrogens with two attached hydrogens (primary N) is 1. The molecule has 1 saturated heterocycles. The van der Waals surface area contributed by atoms with Gasteiger partial charge in [0.25, 0.3) is 0 Å². The highest BCUT2D eigenvalue weighted by Gasteiger charge is 2.17. The van der Waals surface area contributed by atoms with Crippen LogP contribution in [0.25, 0.3) is 0 Å². The fraction of sp³-hybridized carbons (Fsp3) is 0.643. The Kier molecular flexibility index (Phi) is 5.13. The third-order valence-electron chi connectivity index (χ3n) is 3.46. The van der Waals surface area contributed by atoms with Crippen LogP contribution in [0.1, 0.15) is 19.5 Å². The van der Waals surface area contributed by atoms with Crippen molar-refractivity contribution in [3.63, 3.8) is 0 Å². The summed E-state index contributed by atoms with van der Waals surface area (Å²) in [5.74, 6) is 6.17. The van der Waals surface area contributed by atoms with E-state index >= 15 is 0 Å². The number of hydrazine groups is 1. The normalized spacial score (nSPS) is 17.9. The number of rotatable bonds is 5. The highest BCUT2D eigenvalue weighted by atomic mass is 15.3. The molecule has 0 atom stereocenters. The molecule has 5 nitrogen and oxygen atoms in total. The number of anilines is 1. The Labute approximate surface area is 115 Å². The number of nitrogen functional groups attached to an aromatic ring is 1. The highest BCUT2D eigenvalue weighted by molar-refractivity contribution is 5.41. The molecule has 0 aliphatic carbocycles. The predicted octanol–water partition coefficient (Wildman–Crippen LogP) is 1.14. The van der Waals surface area contributed by atoms with Crippen molar-refractivity contribution in [3.8, 4) is 0 Å². The molecule has 2 rings (SSSR count). The summed E-state index contributed by atoms with van der Waals surface area (Å²) in [4.78, 5) is 9.40. The fourth-order valence-electron chi connectivity index (χ4n) is 2.53. The number of pyridine rings is 1. The summed E-state index contributed by atoms with van der Waals surface area (Å²) in [5, 5.41) is 0. The van der Waals surface area contributed by atoms with Gasteiger partial charge in [-0.1, -0.05) is 13.8 Å². The van der Waals surface area contributed by atoms with Crippen LogP contribution in [0.15, 0.2) is 18.3 Å². The fourth-order valence-corrected chi connectivity index (χ4v) is 2.53. The lowest BCUT2D eigenvalue weighted by Crippen LogP contribution is -2.46. The van der Waals surface area contributed by atoms with Crippen molar-refractivity contribution < 1.29 is 0 Å². The molecule has 1 aliphatic heterocycles. The van der Waals surface area contributed by atoms with Crippen LogP contribution < -0.4 is 11.3 Å². The van der Waals surface area contributed by atoms with Crippen molar-refractivity contribution in [1.29, 1.82) is 0 Å². The van der Waals surface area contributed by atoms with E-state index < -0.39 is 0 Å². The minimum absolute atomic E-state index is 0.750. The van der Waals surface area contributed by atoms with Gasteiger partial charge in [0.05, 0.1) is 11.4 Å². The summed E-state index contributed by atoms with van der Waals surface area (Å²) in [6, 6.07) is 3.89. The monoisotopic (exact) mass is 263 g/mol. The Morgan fingerprint density at radius 3 is 2.58 bits per heavy atom. The zero-order valence-corrected chi connectivity index (χ0v) is 12.0. The zero-order valence-electron chi connectivity index (χ0n) is 12.0. The van der Waals surface area contributed by atoms with Gasteiger partial charge in [0.1, 0.15) is 0 Å². The lowest BCUT2D eigenvalue weighted by atomic mass is 10.2. The summed E-state index contributed by atoms with van der Waals surface area (Å²) in [5.41, 5.74) is 4.66. The van der Waals surface area contributed by atoms with E-state index in [1.54, 1.807) is 6.20 Å². The summed E-state index contributed by atoms with van der Waals surface area (Å²) in [6.07, 6.45) is 1.81. The average Bonchev–Trinajstić information content (AvgIpc) is 2.41. The van der Waals surface area contributed by atoms with Crippen molar-refractivity contribution in [3.05, 3.63) is 24.0 Å².